The Morgan fingerprint density at radius 1 is 1.00 bits per heavy atom. The minimum atomic E-state index is 0.110. The molecule has 1 aromatic heterocycles. The molecule has 0 amide bonds. The Labute approximate surface area is 148 Å². The number of ether oxygens (including phenoxy) is 1. The quantitative estimate of drug-likeness (QED) is 0.662. The number of rotatable bonds is 2. The molecule has 128 valence electrons. The number of aromatic nitrogens is 1. The SMILES string of the molecule is CC(C)=C1C2CCN(CC2)C1Oc1ccc2c(c1)[nH]c1ccccc12. The number of nitrogens with zero attached hydrogens (tertiary/aromatic N) is 1. The predicted molar refractivity (Wildman–Crippen MR) is 103 cm³/mol. The highest BCUT2D eigenvalue weighted by molar-refractivity contribution is 6.07. The number of H-pyrrole nitrogens is 1. The van der Waals surface area contributed by atoms with Crippen LogP contribution in [0.4, 0.5) is 0 Å². The van der Waals surface area contributed by atoms with E-state index in [0.29, 0.717) is 5.92 Å². The van der Waals surface area contributed by atoms with Crippen LogP contribution in [0.25, 0.3) is 21.8 Å². The average Bonchev–Trinajstić information content (AvgIpc) is 3.00. The van der Waals surface area contributed by atoms with Gasteiger partial charge >= 0.3 is 0 Å². The van der Waals surface area contributed by atoms with Gasteiger partial charge in [-0.15, -0.1) is 0 Å². The third-order valence-electron chi connectivity index (χ3n) is 5.87. The van der Waals surface area contributed by atoms with Crippen LogP contribution in [0, 0.1) is 5.92 Å². The second-order valence-electron chi connectivity index (χ2n) is 7.61. The fourth-order valence-corrected chi connectivity index (χ4v) is 4.67. The Bertz CT molecular complexity index is 972. The first kappa shape index (κ1) is 15.0. The molecule has 6 rings (SSSR count). The van der Waals surface area contributed by atoms with E-state index in [9.17, 15) is 0 Å². The zero-order valence-corrected chi connectivity index (χ0v) is 14.9. The zero-order chi connectivity index (χ0) is 17.0. The van der Waals surface area contributed by atoms with Crippen LogP contribution in [0.5, 0.6) is 5.75 Å². The maximum Gasteiger partial charge on any atom is 0.175 e. The van der Waals surface area contributed by atoms with Gasteiger partial charge in [0.05, 0.1) is 5.52 Å². The standard InChI is InChI=1S/C22H24N2O/c1-14(2)21-15-9-11-24(12-10-15)22(21)25-16-7-8-18-17-5-3-4-6-19(17)23-20(18)13-16/h3-8,13,15,22-23H,9-12H2,1-2H3. The van der Waals surface area contributed by atoms with E-state index in [2.05, 4.69) is 66.2 Å². The van der Waals surface area contributed by atoms with Crippen molar-refractivity contribution >= 4 is 21.8 Å². The molecule has 0 spiro atoms. The molecule has 0 aliphatic carbocycles. The molecule has 2 bridgehead atoms. The molecule has 3 heteroatoms. The van der Waals surface area contributed by atoms with E-state index in [1.165, 1.54) is 40.3 Å². The van der Waals surface area contributed by atoms with Crippen molar-refractivity contribution in [2.45, 2.75) is 32.9 Å². The van der Waals surface area contributed by atoms with Gasteiger partial charge < -0.3 is 9.72 Å². The third-order valence-corrected chi connectivity index (χ3v) is 5.87. The summed E-state index contributed by atoms with van der Waals surface area (Å²) in [6, 6.07) is 14.9. The molecule has 0 radical (unpaired) electrons. The summed E-state index contributed by atoms with van der Waals surface area (Å²) in [5.41, 5.74) is 5.26. The first-order valence-corrected chi connectivity index (χ1v) is 9.29. The molecular formula is C22H24N2O. The Hall–Kier alpha value is -2.26. The van der Waals surface area contributed by atoms with Crippen LogP contribution in [0.3, 0.4) is 0 Å². The Morgan fingerprint density at radius 3 is 2.56 bits per heavy atom. The van der Waals surface area contributed by atoms with Crippen LogP contribution in [0.1, 0.15) is 26.7 Å². The van der Waals surface area contributed by atoms with E-state index in [0.717, 1.165) is 24.4 Å². The van der Waals surface area contributed by atoms with Gasteiger partial charge in [-0.3, -0.25) is 4.90 Å². The number of benzene rings is 2. The van der Waals surface area contributed by atoms with Gasteiger partial charge in [-0.1, -0.05) is 23.8 Å². The van der Waals surface area contributed by atoms with Gasteiger partial charge in [-0.25, -0.2) is 0 Å². The Kier molecular flexibility index (Phi) is 3.39. The molecule has 25 heavy (non-hydrogen) atoms. The fourth-order valence-electron chi connectivity index (χ4n) is 4.67. The summed E-state index contributed by atoms with van der Waals surface area (Å²) < 4.78 is 6.52. The predicted octanol–water partition coefficient (Wildman–Crippen LogP) is 5.09. The van der Waals surface area contributed by atoms with Crippen LogP contribution in [-0.4, -0.2) is 29.2 Å². The van der Waals surface area contributed by atoms with Gasteiger partial charge in [0.2, 0.25) is 0 Å². The normalized spacial score (nSPS) is 25.7. The number of nitrogens with one attached hydrogen (secondary N) is 1. The van der Waals surface area contributed by atoms with Crippen LogP contribution >= 0.6 is 0 Å². The van der Waals surface area contributed by atoms with Crippen molar-refractivity contribution in [1.82, 2.24) is 9.88 Å². The van der Waals surface area contributed by atoms with Gasteiger partial charge in [0.25, 0.3) is 0 Å². The maximum absolute atomic E-state index is 6.52. The molecule has 3 aliphatic rings. The second-order valence-corrected chi connectivity index (χ2v) is 7.61. The summed E-state index contributed by atoms with van der Waals surface area (Å²) in [5, 5.41) is 2.53. The van der Waals surface area contributed by atoms with Crippen LogP contribution in [-0.2, 0) is 0 Å². The number of hydrogen-bond donors (Lipinski definition) is 1. The zero-order valence-electron chi connectivity index (χ0n) is 14.9. The monoisotopic (exact) mass is 332 g/mol. The average molecular weight is 332 g/mol. The highest BCUT2D eigenvalue weighted by Gasteiger charge is 2.39. The number of aromatic amines is 1. The van der Waals surface area contributed by atoms with Crippen molar-refractivity contribution in [2.75, 3.05) is 13.1 Å². The van der Waals surface area contributed by atoms with E-state index in [1.54, 1.807) is 0 Å². The van der Waals surface area contributed by atoms with Gasteiger partial charge in [0.15, 0.2) is 6.23 Å². The van der Waals surface area contributed by atoms with Gasteiger partial charge in [-0.05, 0) is 56.4 Å². The van der Waals surface area contributed by atoms with Gasteiger partial charge in [0, 0.05) is 35.4 Å². The molecule has 3 aliphatic heterocycles. The highest BCUT2D eigenvalue weighted by atomic mass is 16.5. The van der Waals surface area contributed by atoms with Crippen molar-refractivity contribution in [2.24, 2.45) is 5.92 Å². The van der Waals surface area contributed by atoms with Crippen molar-refractivity contribution in [3.63, 3.8) is 0 Å². The topological polar surface area (TPSA) is 28.3 Å². The van der Waals surface area contributed by atoms with E-state index >= 15 is 0 Å². The number of allylic oxidation sites excluding steroid dienone is 1. The molecule has 1 N–H and O–H groups in total. The van der Waals surface area contributed by atoms with E-state index in [1.807, 2.05) is 0 Å². The first-order chi connectivity index (χ1) is 12.2. The molecule has 3 nitrogen and oxygen atoms in total. The van der Waals surface area contributed by atoms with Gasteiger partial charge in [0.1, 0.15) is 5.75 Å². The summed E-state index contributed by atoms with van der Waals surface area (Å²) in [7, 11) is 0. The summed E-state index contributed by atoms with van der Waals surface area (Å²) in [4.78, 5) is 6.02. The fraction of sp³-hybridized carbons (Fsp3) is 0.364. The van der Waals surface area contributed by atoms with Gasteiger partial charge in [-0.2, -0.15) is 0 Å². The third kappa shape index (κ3) is 2.37. The molecule has 0 saturated carbocycles. The van der Waals surface area contributed by atoms with Crippen molar-refractivity contribution < 1.29 is 4.74 Å². The Balaban J connectivity index is 1.53. The van der Waals surface area contributed by atoms with Crippen molar-refractivity contribution in [3.05, 3.63) is 53.6 Å². The lowest BCUT2D eigenvalue weighted by Crippen LogP contribution is -2.53. The van der Waals surface area contributed by atoms with Crippen LogP contribution in [0.2, 0.25) is 0 Å². The molecule has 1 unspecified atom stereocenters. The van der Waals surface area contributed by atoms with E-state index in [-0.39, 0.29) is 6.23 Å². The minimum Gasteiger partial charge on any atom is -0.471 e. The number of piperidine rings is 3. The summed E-state index contributed by atoms with van der Waals surface area (Å²) in [5.74, 6) is 1.66. The largest absolute Gasteiger partial charge is 0.471 e. The minimum absolute atomic E-state index is 0.110. The molecule has 2 aromatic carbocycles. The lowest BCUT2D eigenvalue weighted by molar-refractivity contribution is -0.0143. The molecule has 1 atom stereocenters. The van der Waals surface area contributed by atoms with Crippen LogP contribution in [0.15, 0.2) is 53.6 Å². The summed E-state index contributed by atoms with van der Waals surface area (Å²) in [6.45, 7) is 6.77. The van der Waals surface area contributed by atoms with E-state index in [4.69, 9.17) is 4.74 Å². The van der Waals surface area contributed by atoms with E-state index < -0.39 is 0 Å². The number of fused-ring (bicyclic) bond motifs is 6. The van der Waals surface area contributed by atoms with Crippen molar-refractivity contribution in [1.29, 1.82) is 0 Å². The maximum atomic E-state index is 6.52. The molecule has 3 aromatic rings. The molecule has 3 saturated heterocycles. The van der Waals surface area contributed by atoms with Crippen LogP contribution < -0.4 is 4.74 Å². The molecule has 3 fully saturated rings. The lowest BCUT2D eigenvalue weighted by atomic mass is 9.80. The smallest absolute Gasteiger partial charge is 0.175 e. The summed E-state index contributed by atoms with van der Waals surface area (Å²) >= 11 is 0. The molecular weight excluding hydrogens is 308 g/mol. The number of para-hydroxylation sites is 1. The Morgan fingerprint density at radius 2 is 1.76 bits per heavy atom. The first-order valence-electron chi connectivity index (χ1n) is 9.29. The summed E-state index contributed by atoms with van der Waals surface area (Å²) in [6.07, 6.45) is 2.67. The molecule has 4 heterocycles. The lowest BCUT2D eigenvalue weighted by Gasteiger charge is -2.47. The highest BCUT2D eigenvalue weighted by Crippen LogP contribution is 2.39. The van der Waals surface area contributed by atoms with Crippen molar-refractivity contribution in [3.8, 4) is 5.75 Å². The number of hydrogen-bond acceptors (Lipinski definition) is 2. The second kappa shape index (κ2) is 5.63.